The van der Waals surface area contributed by atoms with Crippen LogP contribution in [0.4, 0.5) is 5.95 Å². The monoisotopic (exact) mass is 291 g/mol. The predicted molar refractivity (Wildman–Crippen MR) is 73.2 cm³/mol. The van der Waals surface area contributed by atoms with E-state index < -0.39 is 0 Å². The van der Waals surface area contributed by atoms with Gasteiger partial charge in [-0.1, -0.05) is 26.0 Å². The molecule has 0 unspecified atom stereocenters. The van der Waals surface area contributed by atoms with Gasteiger partial charge in [-0.2, -0.15) is 0 Å². The van der Waals surface area contributed by atoms with Crippen LogP contribution >= 0.6 is 15.9 Å². The number of anilines is 1. The summed E-state index contributed by atoms with van der Waals surface area (Å²) in [6.07, 6.45) is 1.90. The third-order valence-electron chi connectivity index (χ3n) is 3.07. The maximum absolute atomic E-state index is 4.63. The highest BCUT2D eigenvalue weighted by atomic mass is 79.9. The van der Waals surface area contributed by atoms with Crippen molar-refractivity contribution in [2.75, 3.05) is 18.0 Å². The van der Waals surface area contributed by atoms with Crippen molar-refractivity contribution < 1.29 is 0 Å². The van der Waals surface area contributed by atoms with Crippen molar-refractivity contribution in [1.29, 1.82) is 0 Å². The predicted octanol–water partition coefficient (Wildman–Crippen LogP) is 3.24. The highest BCUT2D eigenvalue weighted by Crippen LogP contribution is 2.32. The second-order valence-electron chi connectivity index (χ2n) is 5.37. The van der Waals surface area contributed by atoms with Crippen LogP contribution in [-0.2, 0) is 0 Å². The fourth-order valence-corrected chi connectivity index (χ4v) is 2.76. The molecule has 4 heteroatoms. The minimum absolute atomic E-state index is 0.395. The fourth-order valence-electron chi connectivity index (χ4n) is 2.29. The molecule has 88 valence electrons. The van der Waals surface area contributed by atoms with E-state index in [0.29, 0.717) is 5.41 Å². The van der Waals surface area contributed by atoms with E-state index in [0.717, 1.165) is 34.4 Å². The molecular formula is C13H14BrN3. The molecule has 1 aliphatic rings. The lowest BCUT2D eigenvalue weighted by atomic mass is 9.85. The van der Waals surface area contributed by atoms with Gasteiger partial charge in [-0.05, 0) is 27.4 Å². The highest BCUT2D eigenvalue weighted by molar-refractivity contribution is 9.10. The molecule has 0 radical (unpaired) electrons. The van der Waals surface area contributed by atoms with Gasteiger partial charge in [-0.3, -0.25) is 0 Å². The number of rotatable bonds is 1. The van der Waals surface area contributed by atoms with E-state index in [1.165, 1.54) is 0 Å². The normalized spacial score (nSPS) is 18.2. The van der Waals surface area contributed by atoms with Crippen LogP contribution in [0.2, 0.25) is 0 Å². The summed E-state index contributed by atoms with van der Waals surface area (Å²) in [4.78, 5) is 11.3. The number of aromatic nitrogens is 2. The first-order valence-electron chi connectivity index (χ1n) is 5.71. The number of hydrogen-bond acceptors (Lipinski definition) is 3. The van der Waals surface area contributed by atoms with E-state index >= 15 is 0 Å². The van der Waals surface area contributed by atoms with Crippen LogP contribution in [0.15, 0.2) is 28.9 Å². The first-order valence-corrected chi connectivity index (χ1v) is 6.51. The minimum atomic E-state index is 0.395. The zero-order valence-electron chi connectivity index (χ0n) is 9.94. The Hall–Kier alpha value is -1.16. The third kappa shape index (κ3) is 1.90. The summed E-state index contributed by atoms with van der Waals surface area (Å²) in [6, 6.07) is 6.05. The quantitative estimate of drug-likeness (QED) is 0.808. The van der Waals surface area contributed by atoms with Crippen LogP contribution in [0.25, 0.3) is 10.9 Å². The first kappa shape index (κ1) is 11.0. The maximum atomic E-state index is 4.63. The molecule has 1 fully saturated rings. The van der Waals surface area contributed by atoms with Gasteiger partial charge in [0, 0.05) is 29.1 Å². The van der Waals surface area contributed by atoms with Crippen LogP contribution < -0.4 is 4.90 Å². The molecule has 1 saturated heterocycles. The van der Waals surface area contributed by atoms with Crippen LogP contribution in [0.5, 0.6) is 0 Å². The smallest absolute Gasteiger partial charge is 0.225 e. The van der Waals surface area contributed by atoms with Gasteiger partial charge < -0.3 is 4.90 Å². The molecule has 3 rings (SSSR count). The average Bonchev–Trinajstić information content (AvgIpc) is 2.26. The molecule has 3 nitrogen and oxygen atoms in total. The molecule has 1 aromatic heterocycles. The van der Waals surface area contributed by atoms with Gasteiger partial charge in [0.05, 0.1) is 5.52 Å². The van der Waals surface area contributed by atoms with E-state index in [1.54, 1.807) is 0 Å². The van der Waals surface area contributed by atoms with Crippen molar-refractivity contribution in [3.8, 4) is 0 Å². The summed E-state index contributed by atoms with van der Waals surface area (Å²) in [5.74, 6) is 0.837. The second-order valence-corrected chi connectivity index (χ2v) is 6.22. The van der Waals surface area contributed by atoms with Crippen LogP contribution in [0.1, 0.15) is 13.8 Å². The van der Waals surface area contributed by atoms with Gasteiger partial charge in [-0.25, -0.2) is 9.97 Å². The Bertz CT molecular complexity index is 572. The Morgan fingerprint density at radius 3 is 2.76 bits per heavy atom. The van der Waals surface area contributed by atoms with E-state index in [2.05, 4.69) is 44.6 Å². The summed E-state index contributed by atoms with van der Waals surface area (Å²) in [6.45, 7) is 6.59. The van der Waals surface area contributed by atoms with Crippen molar-refractivity contribution >= 4 is 32.8 Å². The topological polar surface area (TPSA) is 29.0 Å². The molecule has 0 N–H and O–H groups in total. The van der Waals surface area contributed by atoms with E-state index in [-0.39, 0.29) is 0 Å². The van der Waals surface area contributed by atoms with Crippen molar-refractivity contribution in [3.63, 3.8) is 0 Å². The van der Waals surface area contributed by atoms with Crippen LogP contribution in [-0.4, -0.2) is 23.1 Å². The molecule has 17 heavy (non-hydrogen) atoms. The van der Waals surface area contributed by atoms with Gasteiger partial charge in [0.2, 0.25) is 5.95 Å². The van der Waals surface area contributed by atoms with Crippen molar-refractivity contribution in [1.82, 2.24) is 9.97 Å². The zero-order chi connectivity index (χ0) is 12.0. The maximum Gasteiger partial charge on any atom is 0.225 e. The summed E-state index contributed by atoms with van der Waals surface area (Å²) in [5, 5.41) is 1.07. The minimum Gasteiger partial charge on any atom is -0.340 e. The molecule has 0 aliphatic carbocycles. The average molecular weight is 292 g/mol. The molecule has 1 aliphatic heterocycles. The molecule has 0 spiro atoms. The molecule has 0 saturated carbocycles. The number of benzene rings is 1. The van der Waals surface area contributed by atoms with Gasteiger partial charge in [0.15, 0.2) is 0 Å². The number of fused-ring (bicyclic) bond motifs is 1. The standard InChI is InChI=1S/C13H14BrN3/c1-13(2)7-17(8-13)12-15-6-9-4-3-5-10(14)11(9)16-12/h3-6H,7-8H2,1-2H3. The van der Waals surface area contributed by atoms with Crippen molar-refractivity contribution in [2.45, 2.75) is 13.8 Å². The Morgan fingerprint density at radius 2 is 2.06 bits per heavy atom. The summed E-state index contributed by atoms with van der Waals surface area (Å²) >= 11 is 3.53. The Kier molecular flexibility index (Phi) is 2.36. The fraction of sp³-hybridized carbons (Fsp3) is 0.385. The Labute approximate surface area is 109 Å². The van der Waals surface area contributed by atoms with E-state index in [1.807, 2.05) is 24.4 Å². The number of halogens is 1. The van der Waals surface area contributed by atoms with Gasteiger partial charge in [-0.15, -0.1) is 0 Å². The molecule has 2 aromatic rings. The third-order valence-corrected chi connectivity index (χ3v) is 3.71. The lowest BCUT2D eigenvalue weighted by Crippen LogP contribution is -2.53. The summed E-state index contributed by atoms with van der Waals surface area (Å²) in [7, 11) is 0. The molecule has 0 bridgehead atoms. The molecule has 0 atom stereocenters. The van der Waals surface area contributed by atoms with Crippen LogP contribution in [0, 0.1) is 5.41 Å². The van der Waals surface area contributed by atoms with E-state index in [4.69, 9.17) is 0 Å². The van der Waals surface area contributed by atoms with E-state index in [9.17, 15) is 0 Å². The SMILES string of the molecule is CC1(C)CN(c2ncc3cccc(Br)c3n2)C1. The number of nitrogens with zero attached hydrogens (tertiary/aromatic N) is 3. The molecule has 1 aromatic carbocycles. The Morgan fingerprint density at radius 1 is 1.29 bits per heavy atom. The summed E-state index contributed by atoms with van der Waals surface area (Å²) in [5.41, 5.74) is 1.38. The van der Waals surface area contributed by atoms with Gasteiger partial charge >= 0.3 is 0 Å². The lowest BCUT2D eigenvalue weighted by Gasteiger charge is -2.45. The first-order chi connectivity index (χ1) is 8.05. The van der Waals surface area contributed by atoms with Crippen LogP contribution in [0.3, 0.4) is 0 Å². The largest absolute Gasteiger partial charge is 0.340 e. The van der Waals surface area contributed by atoms with Gasteiger partial charge in [0.1, 0.15) is 0 Å². The molecular weight excluding hydrogens is 278 g/mol. The lowest BCUT2D eigenvalue weighted by molar-refractivity contribution is 0.272. The van der Waals surface area contributed by atoms with Crippen molar-refractivity contribution in [3.05, 3.63) is 28.9 Å². The zero-order valence-corrected chi connectivity index (χ0v) is 11.5. The number of para-hydroxylation sites is 1. The Balaban J connectivity index is 2.00. The number of hydrogen-bond donors (Lipinski definition) is 0. The van der Waals surface area contributed by atoms with Gasteiger partial charge in [0.25, 0.3) is 0 Å². The highest BCUT2D eigenvalue weighted by Gasteiger charge is 2.35. The van der Waals surface area contributed by atoms with Crippen molar-refractivity contribution in [2.24, 2.45) is 5.41 Å². The molecule has 0 amide bonds. The molecule has 2 heterocycles. The summed E-state index contributed by atoms with van der Waals surface area (Å²) < 4.78 is 1.03. The second kappa shape index (κ2) is 3.67.